The molecule has 0 aromatic heterocycles. The first-order chi connectivity index (χ1) is 10.0. The van der Waals surface area contributed by atoms with Crippen LogP contribution in [0.5, 0.6) is 5.75 Å². The van der Waals surface area contributed by atoms with Crippen LogP contribution in [0, 0.1) is 11.8 Å². The van der Waals surface area contributed by atoms with E-state index in [-0.39, 0.29) is 18.4 Å². The summed E-state index contributed by atoms with van der Waals surface area (Å²) in [5, 5.41) is 9.11. The zero-order valence-corrected chi connectivity index (χ0v) is 12.0. The van der Waals surface area contributed by atoms with Crippen LogP contribution in [0.1, 0.15) is 17.3 Å². The number of benzene rings is 1. The molecular formula is C16H19NO4. The van der Waals surface area contributed by atoms with E-state index >= 15 is 0 Å². The van der Waals surface area contributed by atoms with E-state index in [0.29, 0.717) is 24.5 Å². The third-order valence-corrected chi connectivity index (χ3v) is 3.69. The Kier molecular flexibility index (Phi) is 4.62. The number of carbonyl (C=O) groups excluding carboxylic acids is 1. The molecule has 21 heavy (non-hydrogen) atoms. The number of amides is 1. The Bertz CT molecular complexity index is 538. The predicted octanol–water partition coefficient (Wildman–Crippen LogP) is 2.04. The Hall–Kier alpha value is -2.30. The summed E-state index contributed by atoms with van der Waals surface area (Å²) in [5.74, 6) is -0.817. The van der Waals surface area contributed by atoms with Crippen molar-refractivity contribution in [2.75, 3.05) is 19.7 Å². The van der Waals surface area contributed by atoms with Gasteiger partial charge in [0.1, 0.15) is 12.4 Å². The molecule has 0 saturated carbocycles. The summed E-state index contributed by atoms with van der Waals surface area (Å²) in [6.07, 6.45) is 1.65. The Balaban J connectivity index is 2.03. The fourth-order valence-corrected chi connectivity index (χ4v) is 2.49. The minimum atomic E-state index is -0.842. The zero-order chi connectivity index (χ0) is 15.4. The summed E-state index contributed by atoms with van der Waals surface area (Å²) in [5.41, 5.74) is 0.541. The molecule has 1 aliphatic heterocycles. The molecule has 1 fully saturated rings. The number of hydrogen-bond acceptors (Lipinski definition) is 3. The summed E-state index contributed by atoms with van der Waals surface area (Å²) >= 11 is 0. The lowest BCUT2D eigenvalue weighted by molar-refractivity contribution is -0.142. The van der Waals surface area contributed by atoms with E-state index in [9.17, 15) is 9.59 Å². The van der Waals surface area contributed by atoms with Crippen LogP contribution in [0.2, 0.25) is 0 Å². The van der Waals surface area contributed by atoms with Crippen LogP contribution in [0.25, 0.3) is 0 Å². The molecular weight excluding hydrogens is 270 g/mol. The van der Waals surface area contributed by atoms with Crippen molar-refractivity contribution in [2.45, 2.75) is 6.92 Å². The first kappa shape index (κ1) is 15.1. The highest BCUT2D eigenvalue weighted by molar-refractivity contribution is 5.95. The quantitative estimate of drug-likeness (QED) is 0.842. The van der Waals surface area contributed by atoms with Gasteiger partial charge in [-0.15, -0.1) is 0 Å². The summed E-state index contributed by atoms with van der Waals surface area (Å²) < 4.78 is 5.36. The van der Waals surface area contributed by atoms with Crippen LogP contribution < -0.4 is 4.74 Å². The Labute approximate surface area is 123 Å². The van der Waals surface area contributed by atoms with Gasteiger partial charge in [-0.05, 0) is 30.2 Å². The molecule has 0 bridgehead atoms. The van der Waals surface area contributed by atoms with Crippen molar-refractivity contribution in [2.24, 2.45) is 11.8 Å². The van der Waals surface area contributed by atoms with Gasteiger partial charge >= 0.3 is 5.97 Å². The minimum absolute atomic E-state index is 0.0263. The maximum absolute atomic E-state index is 12.4. The molecule has 1 N–H and O–H groups in total. The molecule has 112 valence electrons. The van der Waals surface area contributed by atoms with Crippen LogP contribution in [0.4, 0.5) is 0 Å². The number of ether oxygens (including phenoxy) is 1. The topological polar surface area (TPSA) is 66.8 Å². The summed E-state index contributed by atoms with van der Waals surface area (Å²) in [7, 11) is 0. The molecule has 1 aliphatic rings. The van der Waals surface area contributed by atoms with Gasteiger partial charge in [-0.25, -0.2) is 0 Å². The predicted molar refractivity (Wildman–Crippen MR) is 78.3 cm³/mol. The highest BCUT2D eigenvalue weighted by atomic mass is 16.5. The first-order valence-electron chi connectivity index (χ1n) is 6.88. The molecule has 0 aliphatic carbocycles. The van der Waals surface area contributed by atoms with Gasteiger partial charge < -0.3 is 14.7 Å². The molecule has 2 rings (SSSR count). The number of aliphatic carboxylic acids is 1. The highest BCUT2D eigenvalue weighted by Gasteiger charge is 2.37. The lowest BCUT2D eigenvalue weighted by atomic mass is 9.99. The zero-order valence-electron chi connectivity index (χ0n) is 12.0. The van der Waals surface area contributed by atoms with Crippen LogP contribution in [0.15, 0.2) is 36.9 Å². The molecule has 5 nitrogen and oxygen atoms in total. The van der Waals surface area contributed by atoms with E-state index in [4.69, 9.17) is 9.84 Å². The monoisotopic (exact) mass is 289 g/mol. The molecule has 5 heteroatoms. The van der Waals surface area contributed by atoms with Crippen LogP contribution in [-0.4, -0.2) is 41.6 Å². The van der Waals surface area contributed by atoms with Gasteiger partial charge in [0, 0.05) is 18.7 Å². The van der Waals surface area contributed by atoms with E-state index in [2.05, 4.69) is 6.58 Å². The second kappa shape index (κ2) is 6.43. The maximum Gasteiger partial charge on any atom is 0.308 e. The number of hydrogen-bond donors (Lipinski definition) is 1. The highest BCUT2D eigenvalue weighted by Crippen LogP contribution is 2.25. The largest absolute Gasteiger partial charge is 0.490 e. The molecule has 0 spiro atoms. The van der Waals surface area contributed by atoms with Gasteiger partial charge in [0.15, 0.2) is 0 Å². The summed E-state index contributed by atoms with van der Waals surface area (Å²) in [4.78, 5) is 25.1. The van der Waals surface area contributed by atoms with Gasteiger partial charge in [-0.1, -0.05) is 19.6 Å². The number of likely N-dealkylation sites (tertiary alicyclic amines) is 1. The van der Waals surface area contributed by atoms with Crippen molar-refractivity contribution in [1.82, 2.24) is 4.90 Å². The standard InChI is InChI=1S/C16H19NO4/c1-3-8-21-13-6-4-12(5-7-13)15(18)17-9-11(2)14(10-17)16(19)20/h3-7,11,14H,1,8-10H2,2H3,(H,19,20). The van der Waals surface area contributed by atoms with E-state index < -0.39 is 11.9 Å². The van der Waals surface area contributed by atoms with Crippen molar-refractivity contribution in [3.05, 3.63) is 42.5 Å². The third-order valence-electron chi connectivity index (χ3n) is 3.69. The number of carboxylic acids is 1. The van der Waals surface area contributed by atoms with Crippen molar-refractivity contribution in [1.29, 1.82) is 0 Å². The second-order valence-corrected chi connectivity index (χ2v) is 5.26. The Morgan fingerprint density at radius 3 is 2.57 bits per heavy atom. The van der Waals surface area contributed by atoms with Gasteiger partial charge in [0.2, 0.25) is 0 Å². The second-order valence-electron chi connectivity index (χ2n) is 5.26. The number of carboxylic acid groups (broad SMARTS) is 1. The van der Waals surface area contributed by atoms with Gasteiger partial charge in [-0.2, -0.15) is 0 Å². The van der Waals surface area contributed by atoms with Gasteiger partial charge in [0.05, 0.1) is 5.92 Å². The third kappa shape index (κ3) is 3.42. The molecule has 1 aromatic rings. The first-order valence-corrected chi connectivity index (χ1v) is 6.88. The van der Waals surface area contributed by atoms with E-state index in [1.807, 2.05) is 6.92 Å². The average Bonchev–Trinajstić information content (AvgIpc) is 2.87. The fourth-order valence-electron chi connectivity index (χ4n) is 2.49. The molecule has 0 radical (unpaired) electrons. The SMILES string of the molecule is C=CCOc1ccc(C(=O)N2CC(C)C(C(=O)O)C2)cc1. The van der Waals surface area contributed by atoms with Crippen molar-refractivity contribution >= 4 is 11.9 Å². The Morgan fingerprint density at radius 2 is 2.05 bits per heavy atom. The summed E-state index contributed by atoms with van der Waals surface area (Å²) in [6, 6.07) is 6.84. The average molecular weight is 289 g/mol. The lowest BCUT2D eigenvalue weighted by Gasteiger charge is -2.16. The van der Waals surface area contributed by atoms with Crippen molar-refractivity contribution in [3.63, 3.8) is 0 Å². The number of nitrogens with zero attached hydrogens (tertiary/aromatic N) is 1. The molecule has 1 saturated heterocycles. The summed E-state index contributed by atoms with van der Waals surface area (Å²) in [6.45, 7) is 6.59. The Morgan fingerprint density at radius 1 is 1.38 bits per heavy atom. The maximum atomic E-state index is 12.4. The van der Waals surface area contributed by atoms with Gasteiger partial charge in [0.25, 0.3) is 5.91 Å². The molecule has 2 atom stereocenters. The van der Waals surface area contributed by atoms with Crippen molar-refractivity contribution < 1.29 is 19.4 Å². The van der Waals surface area contributed by atoms with Crippen LogP contribution in [0.3, 0.4) is 0 Å². The normalized spacial score (nSPS) is 21.1. The number of carbonyl (C=O) groups is 2. The van der Waals surface area contributed by atoms with Crippen LogP contribution in [-0.2, 0) is 4.79 Å². The molecule has 1 heterocycles. The van der Waals surface area contributed by atoms with Gasteiger partial charge in [-0.3, -0.25) is 9.59 Å². The van der Waals surface area contributed by atoms with E-state index in [1.54, 1.807) is 35.2 Å². The van der Waals surface area contributed by atoms with E-state index in [1.165, 1.54) is 0 Å². The van der Waals surface area contributed by atoms with Crippen LogP contribution >= 0.6 is 0 Å². The number of rotatable bonds is 5. The minimum Gasteiger partial charge on any atom is -0.490 e. The molecule has 2 unspecified atom stereocenters. The molecule has 1 aromatic carbocycles. The smallest absolute Gasteiger partial charge is 0.308 e. The lowest BCUT2D eigenvalue weighted by Crippen LogP contribution is -2.29. The fraction of sp³-hybridized carbons (Fsp3) is 0.375. The van der Waals surface area contributed by atoms with Crippen molar-refractivity contribution in [3.8, 4) is 5.75 Å². The molecule has 1 amide bonds. The van der Waals surface area contributed by atoms with E-state index in [0.717, 1.165) is 0 Å².